The van der Waals surface area contributed by atoms with Crippen LogP contribution in [0.2, 0.25) is 0 Å². The highest BCUT2D eigenvalue weighted by Crippen LogP contribution is 2.07. The summed E-state index contributed by atoms with van der Waals surface area (Å²) in [5, 5.41) is 14.6. The van der Waals surface area contributed by atoms with Gasteiger partial charge in [0, 0.05) is 12.6 Å². The van der Waals surface area contributed by atoms with Crippen LogP contribution in [0.15, 0.2) is 29.4 Å². The quantitative estimate of drug-likeness (QED) is 0.611. The van der Waals surface area contributed by atoms with Gasteiger partial charge < -0.3 is 5.32 Å². The summed E-state index contributed by atoms with van der Waals surface area (Å²) in [5.74, 6) is -0.594. The van der Waals surface area contributed by atoms with Crippen LogP contribution in [0.5, 0.6) is 0 Å². The van der Waals surface area contributed by atoms with Crippen molar-refractivity contribution in [3.05, 3.63) is 29.8 Å². The first-order valence-corrected chi connectivity index (χ1v) is 5.18. The Kier molecular flexibility index (Phi) is 5.06. The van der Waals surface area contributed by atoms with Crippen LogP contribution >= 0.6 is 0 Å². The Morgan fingerprint density at radius 2 is 2.06 bits per heavy atom. The number of hydrogen-bond donors (Lipinski definition) is 2. The smallest absolute Gasteiger partial charge is 0.254 e. The number of nitrogens with one attached hydrogen (secondary N) is 2. The lowest BCUT2D eigenvalue weighted by Crippen LogP contribution is -2.16. The van der Waals surface area contributed by atoms with E-state index in [2.05, 4.69) is 15.8 Å². The molecule has 0 unspecified atom stereocenters. The van der Waals surface area contributed by atoms with Gasteiger partial charge in [0.2, 0.25) is 5.91 Å². The molecule has 6 heteroatoms. The van der Waals surface area contributed by atoms with E-state index in [-0.39, 0.29) is 12.3 Å². The third-order valence-electron chi connectivity index (χ3n) is 1.87. The number of hydrogen-bond acceptors (Lipinski definition) is 4. The van der Waals surface area contributed by atoms with Crippen molar-refractivity contribution in [3.8, 4) is 6.07 Å². The van der Waals surface area contributed by atoms with E-state index in [1.54, 1.807) is 30.3 Å². The molecule has 0 heterocycles. The molecule has 0 saturated carbocycles. The van der Waals surface area contributed by atoms with Gasteiger partial charge in [-0.3, -0.25) is 9.59 Å². The Balaban J connectivity index is 2.53. The third-order valence-corrected chi connectivity index (χ3v) is 1.87. The van der Waals surface area contributed by atoms with E-state index in [0.717, 1.165) is 5.56 Å². The summed E-state index contributed by atoms with van der Waals surface area (Å²) in [6, 6.07) is 8.64. The monoisotopic (exact) mass is 244 g/mol. The third kappa shape index (κ3) is 4.90. The molecule has 0 fully saturated rings. The SMILES string of the molecule is CC(=O)Nc1ccc(/C=N/NC(=O)CC#N)cc1. The summed E-state index contributed by atoms with van der Waals surface area (Å²) in [4.78, 5) is 21.7. The summed E-state index contributed by atoms with van der Waals surface area (Å²) in [7, 11) is 0. The van der Waals surface area contributed by atoms with Gasteiger partial charge in [-0.05, 0) is 17.7 Å². The van der Waals surface area contributed by atoms with E-state index in [9.17, 15) is 9.59 Å². The van der Waals surface area contributed by atoms with Crippen LogP contribution in [0, 0.1) is 11.3 Å². The second kappa shape index (κ2) is 6.81. The zero-order valence-corrected chi connectivity index (χ0v) is 9.80. The van der Waals surface area contributed by atoms with Crippen LogP contribution in [0.4, 0.5) is 5.69 Å². The van der Waals surface area contributed by atoms with Crippen molar-refractivity contribution in [1.29, 1.82) is 5.26 Å². The first-order chi connectivity index (χ1) is 8.61. The van der Waals surface area contributed by atoms with Gasteiger partial charge in [-0.1, -0.05) is 12.1 Å². The number of carbonyl (C=O) groups excluding carboxylic acids is 2. The van der Waals surface area contributed by atoms with Gasteiger partial charge in [0.15, 0.2) is 0 Å². The fraction of sp³-hybridized carbons (Fsp3) is 0.167. The van der Waals surface area contributed by atoms with Crippen LogP contribution in [0.3, 0.4) is 0 Å². The molecule has 1 aromatic carbocycles. The zero-order valence-electron chi connectivity index (χ0n) is 9.80. The molecular formula is C12H12N4O2. The number of nitrogens with zero attached hydrogens (tertiary/aromatic N) is 2. The summed E-state index contributed by atoms with van der Waals surface area (Å²) >= 11 is 0. The summed E-state index contributed by atoms with van der Waals surface area (Å²) in [5.41, 5.74) is 3.67. The van der Waals surface area contributed by atoms with Crippen LogP contribution < -0.4 is 10.7 Å². The predicted octanol–water partition coefficient (Wildman–Crippen LogP) is 1.01. The second-order valence-corrected chi connectivity index (χ2v) is 3.43. The lowest BCUT2D eigenvalue weighted by molar-refractivity contribution is -0.120. The zero-order chi connectivity index (χ0) is 13.4. The summed E-state index contributed by atoms with van der Waals surface area (Å²) < 4.78 is 0. The van der Waals surface area contributed by atoms with E-state index < -0.39 is 5.91 Å². The summed E-state index contributed by atoms with van der Waals surface area (Å²) in [6.45, 7) is 1.43. The number of carbonyl (C=O) groups is 2. The van der Waals surface area contributed by atoms with E-state index in [0.29, 0.717) is 5.69 Å². The van der Waals surface area contributed by atoms with Gasteiger partial charge in [0.05, 0.1) is 12.3 Å². The molecule has 0 spiro atoms. The average Bonchev–Trinajstić information content (AvgIpc) is 2.31. The lowest BCUT2D eigenvalue weighted by atomic mass is 10.2. The first kappa shape index (κ1) is 13.4. The summed E-state index contributed by atoms with van der Waals surface area (Å²) in [6.07, 6.45) is 1.23. The minimum absolute atomic E-state index is 0.139. The molecule has 0 aliphatic carbocycles. The molecular weight excluding hydrogens is 232 g/mol. The minimum atomic E-state index is -0.455. The number of anilines is 1. The maximum atomic E-state index is 10.9. The Labute approximate surface area is 104 Å². The van der Waals surface area contributed by atoms with E-state index >= 15 is 0 Å². The molecule has 0 aromatic heterocycles. The fourth-order valence-electron chi connectivity index (χ4n) is 1.15. The second-order valence-electron chi connectivity index (χ2n) is 3.43. The fourth-order valence-corrected chi connectivity index (χ4v) is 1.15. The molecule has 0 atom stereocenters. The highest BCUT2D eigenvalue weighted by atomic mass is 16.2. The molecule has 2 amide bonds. The standard InChI is InChI=1S/C12H12N4O2/c1-9(17)15-11-4-2-10(3-5-11)8-14-16-12(18)6-7-13/h2-5,8H,6H2,1H3,(H,15,17)(H,16,18)/b14-8+. The molecule has 0 radical (unpaired) electrons. The van der Waals surface area contributed by atoms with Crippen LogP contribution in [-0.2, 0) is 9.59 Å². The highest BCUT2D eigenvalue weighted by Gasteiger charge is 1.96. The maximum absolute atomic E-state index is 10.9. The molecule has 1 rings (SSSR count). The van der Waals surface area contributed by atoms with Crippen molar-refractivity contribution in [2.24, 2.45) is 5.10 Å². The van der Waals surface area contributed by atoms with Gasteiger partial charge in [-0.15, -0.1) is 0 Å². The van der Waals surface area contributed by atoms with Crippen molar-refractivity contribution >= 4 is 23.7 Å². The van der Waals surface area contributed by atoms with Crippen molar-refractivity contribution in [1.82, 2.24) is 5.43 Å². The largest absolute Gasteiger partial charge is 0.326 e. The molecule has 6 nitrogen and oxygen atoms in total. The van der Waals surface area contributed by atoms with Crippen molar-refractivity contribution < 1.29 is 9.59 Å². The van der Waals surface area contributed by atoms with Crippen LogP contribution in [-0.4, -0.2) is 18.0 Å². The highest BCUT2D eigenvalue weighted by molar-refractivity contribution is 5.89. The van der Waals surface area contributed by atoms with E-state index in [4.69, 9.17) is 5.26 Å². The number of rotatable bonds is 4. The Morgan fingerprint density at radius 3 is 2.61 bits per heavy atom. The van der Waals surface area contributed by atoms with Crippen molar-refractivity contribution in [3.63, 3.8) is 0 Å². The molecule has 92 valence electrons. The number of amides is 2. The predicted molar refractivity (Wildman–Crippen MR) is 66.7 cm³/mol. The Bertz CT molecular complexity index is 500. The molecule has 0 bridgehead atoms. The minimum Gasteiger partial charge on any atom is -0.326 e. The molecule has 0 saturated heterocycles. The molecule has 18 heavy (non-hydrogen) atoms. The van der Waals surface area contributed by atoms with Gasteiger partial charge in [0.1, 0.15) is 6.42 Å². The van der Waals surface area contributed by atoms with E-state index in [1.807, 2.05) is 0 Å². The molecule has 0 aliphatic heterocycles. The maximum Gasteiger partial charge on any atom is 0.254 e. The average molecular weight is 244 g/mol. The Hall–Kier alpha value is -2.68. The topological polar surface area (TPSA) is 94.3 Å². The van der Waals surface area contributed by atoms with Crippen LogP contribution in [0.25, 0.3) is 0 Å². The molecule has 1 aromatic rings. The first-order valence-electron chi connectivity index (χ1n) is 5.18. The lowest BCUT2D eigenvalue weighted by Gasteiger charge is -2.01. The van der Waals surface area contributed by atoms with Gasteiger partial charge >= 0.3 is 0 Å². The van der Waals surface area contributed by atoms with E-state index in [1.165, 1.54) is 13.1 Å². The van der Waals surface area contributed by atoms with Crippen molar-refractivity contribution in [2.75, 3.05) is 5.32 Å². The Morgan fingerprint density at radius 1 is 1.39 bits per heavy atom. The van der Waals surface area contributed by atoms with Gasteiger partial charge in [0.25, 0.3) is 5.91 Å². The van der Waals surface area contributed by atoms with Gasteiger partial charge in [-0.2, -0.15) is 10.4 Å². The normalized spacial score (nSPS) is 9.78. The molecule has 2 N–H and O–H groups in total. The van der Waals surface area contributed by atoms with Gasteiger partial charge in [-0.25, -0.2) is 5.43 Å². The van der Waals surface area contributed by atoms with Crippen molar-refractivity contribution in [2.45, 2.75) is 13.3 Å². The van der Waals surface area contributed by atoms with Crippen LogP contribution in [0.1, 0.15) is 18.9 Å². The number of benzene rings is 1. The number of hydrazone groups is 1. The molecule has 0 aliphatic rings. The number of nitriles is 1.